The summed E-state index contributed by atoms with van der Waals surface area (Å²) < 4.78 is 2.61. The van der Waals surface area contributed by atoms with E-state index in [2.05, 4.69) is 487 Å². The van der Waals surface area contributed by atoms with Gasteiger partial charge in [-0.1, -0.05) is 398 Å². The summed E-state index contributed by atoms with van der Waals surface area (Å²) in [4.78, 5) is 17.0. The molecule has 2 N–H and O–H groups in total. The third-order valence-electron chi connectivity index (χ3n) is 18.9. The normalized spacial score (nSPS) is 10.7. The van der Waals surface area contributed by atoms with Crippen LogP contribution in [0.25, 0.3) is 0 Å². The van der Waals surface area contributed by atoms with Gasteiger partial charge < -0.3 is 10.2 Å². The monoisotopic (exact) mass is 1980 g/mol. The van der Waals surface area contributed by atoms with Crippen molar-refractivity contribution in [2.45, 2.75) is 103 Å². The molecule has 2 nitrogen and oxygen atoms in total. The summed E-state index contributed by atoms with van der Waals surface area (Å²) in [6.07, 6.45) is -1.38. The van der Waals surface area contributed by atoms with Crippen molar-refractivity contribution in [1.29, 1.82) is 0 Å². The van der Waals surface area contributed by atoms with Gasteiger partial charge in [0.1, 0.15) is 0 Å². The largest absolute Gasteiger partial charge is 0.0622 e. The molecule has 0 aromatic heterocycles. The maximum atomic E-state index is 9.02. The Labute approximate surface area is 738 Å². The summed E-state index contributed by atoms with van der Waals surface area (Å²) in [5.74, 6) is 0. The van der Waals surface area contributed by atoms with E-state index in [1.54, 1.807) is 3.58 Å². The fraction of sp³-hybridized carbons (Fsp3) is 0.159. The predicted octanol–water partition coefficient (Wildman–Crippen LogP) is 23.9. The number of aliphatic hydroxyl groups is 2. The molecule has 0 unspecified atom stereocenters. The summed E-state index contributed by atoms with van der Waals surface area (Å²) in [7, 11) is -1.78. The van der Waals surface area contributed by atoms with Crippen LogP contribution in [-0.2, 0) is 20.4 Å². The molecule has 15 rings (SSSR count). The average Bonchev–Trinajstić information content (AvgIpc) is 0.839. The number of benzene rings is 15. The molecule has 0 radical (unpaired) electrons. The average molecular weight is 1980 g/mol. The minimum Gasteiger partial charge on any atom is -0.0622 e. The molecule has 15 aromatic rings. The molecular formula is C107H117BrO2P4PdSn2. The summed E-state index contributed by atoms with van der Waals surface area (Å²) in [6, 6.07) is 142. The van der Waals surface area contributed by atoms with E-state index in [0.29, 0.717) is 5.56 Å². The summed E-state index contributed by atoms with van der Waals surface area (Å²) in [6.45, 7) is 19.0. The quantitative estimate of drug-likeness (QED) is 0.0647. The molecule has 0 fully saturated rings. The molecule has 0 aliphatic rings. The van der Waals surface area contributed by atoms with Crippen LogP contribution in [0.5, 0.6) is 0 Å². The first-order chi connectivity index (χ1) is 55.7. The van der Waals surface area contributed by atoms with Crippen molar-refractivity contribution >= 4 is 152 Å². The van der Waals surface area contributed by atoms with E-state index >= 15 is 0 Å². The number of aryl methyl sites for hydroxylation is 7. The van der Waals surface area contributed by atoms with Crippen LogP contribution < -0.4 is 67.2 Å². The Morgan fingerprint density at radius 1 is 0.231 bits per heavy atom. The van der Waals surface area contributed by atoms with Gasteiger partial charge in [-0.05, 0) is 177 Å². The first-order valence-corrected chi connectivity index (χ1v) is 67.4. The van der Waals surface area contributed by atoms with Gasteiger partial charge in [0.15, 0.2) is 6.29 Å². The van der Waals surface area contributed by atoms with Crippen molar-refractivity contribution in [3.8, 4) is 0 Å². The molecular weight excluding hydrogens is 1860 g/mol. The number of rotatable bonds is 14. The fourth-order valence-corrected chi connectivity index (χ4v) is 26.4. The first-order valence-electron chi connectivity index (χ1n) is 39.8. The van der Waals surface area contributed by atoms with E-state index in [1.165, 1.54) is 103 Å². The van der Waals surface area contributed by atoms with Crippen molar-refractivity contribution in [2.24, 2.45) is 0 Å². The SMILES string of the molecule is Cc1c[c]([Sn]([CH3])([CH3])[CH3])cc(C)c1C.Cc1cc(Br)cc(C)c1C(O)O.Cc1cc(C)c(C)c(C)c1.[CH3][Sn]([CH3])([CH3])[CH3].[Pd].c1ccc(P(c2ccccc2)c2ccccc2)cc1.c1ccc(P(c2ccccc2)c2ccccc2)cc1.c1ccc(P(c2ccccc2)c2ccccc2)cc1.c1ccc(P(c2ccccc2)c2ccccc2)cc1. The van der Waals surface area contributed by atoms with Crippen LogP contribution in [0.2, 0.25) is 34.6 Å². The minimum absolute atomic E-state index is 0. The van der Waals surface area contributed by atoms with Crippen molar-refractivity contribution in [3.05, 3.63) is 460 Å². The van der Waals surface area contributed by atoms with Crippen molar-refractivity contribution in [2.75, 3.05) is 0 Å². The molecule has 0 aliphatic carbocycles. The summed E-state index contributed by atoms with van der Waals surface area (Å²) in [5, 5.41) is 34.8. The van der Waals surface area contributed by atoms with Gasteiger partial charge in [-0.3, -0.25) is 0 Å². The molecule has 10 heteroatoms. The number of hydrogen-bond acceptors (Lipinski definition) is 2. The maximum Gasteiger partial charge on any atom is 0 e. The van der Waals surface area contributed by atoms with Gasteiger partial charge in [0.05, 0.1) is 0 Å². The van der Waals surface area contributed by atoms with Crippen LogP contribution in [0.15, 0.2) is 405 Å². The van der Waals surface area contributed by atoms with E-state index in [-0.39, 0.29) is 20.4 Å². The van der Waals surface area contributed by atoms with Gasteiger partial charge in [-0.2, -0.15) is 0 Å². The molecule has 0 saturated heterocycles. The third kappa shape index (κ3) is 32.6. The van der Waals surface area contributed by atoms with Gasteiger partial charge in [0.2, 0.25) is 0 Å². The molecule has 15 aromatic carbocycles. The molecule has 0 bridgehead atoms. The van der Waals surface area contributed by atoms with Crippen molar-refractivity contribution in [1.82, 2.24) is 0 Å². The van der Waals surface area contributed by atoms with E-state index in [0.717, 1.165) is 15.6 Å². The summed E-state index contributed by atoms with van der Waals surface area (Å²) in [5.41, 5.74) is 12.3. The number of aliphatic hydroxyl groups excluding tert-OH is 1. The Morgan fingerprint density at radius 3 is 0.513 bits per heavy atom. The molecule has 0 saturated carbocycles. The Morgan fingerprint density at radius 2 is 0.376 bits per heavy atom. The molecule has 0 spiro atoms. The third-order valence-corrected chi connectivity index (χ3v) is 34.9. The van der Waals surface area contributed by atoms with Crippen LogP contribution in [0, 0.1) is 62.3 Å². The van der Waals surface area contributed by atoms with Gasteiger partial charge in [-0.25, -0.2) is 0 Å². The minimum atomic E-state index is -1.83. The van der Waals surface area contributed by atoms with E-state index in [4.69, 9.17) is 10.2 Å². The zero-order valence-corrected chi connectivity index (χ0v) is 83.5. The standard InChI is InChI=1S/4C18H15P.C10H14.C9H11BrO2.C9H11.7CH3.Pd.2Sn/c4*1-4-10-16(11-5-1)19(17-12-6-2-7-13-17)18-14-8-3-9-15-18;1-7-5-8(2)10(4)9(3)6-7;1-5-3-7(10)4-6(2)8(5)9(11)12;1-7-5-4-6-8(2)9(7)3;;;;;;;;;;/h4*1-15H;5-6H,1-4H3;3-4,9,11-12H,1-2H3;5-6H,1-3H3;7*1H3;;;. The van der Waals surface area contributed by atoms with Crippen molar-refractivity contribution < 1.29 is 30.6 Å². The summed E-state index contributed by atoms with van der Waals surface area (Å²) >= 11 is 0.324. The smallest absolute Gasteiger partial charge is 0 e. The first kappa shape index (κ1) is 96.8. The second kappa shape index (κ2) is 50.7. The van der Waals surface area contributed by atoms with Crippen LogP contribution in [0.1, 0.15) is 61.9 Å². The zero-order chi connectivity index (χ0) is 83.4. The Balaban J connectivity index is 0.000000188. The van der Waals surface area contributed by atoms with E-state index < -0.39 is 74.7 Å². The van der Waals surface area contributed by atoms with Crippen molar-refractivity contribution in [3.63, 3.8) is 0 Å². The second-order valence-electron chi connectivity index (χ2n) is 31.2. The number of halogens is 1. The topological polar surface area (TPSA) is 40.5 Å². The molecule has 0 amide bonds. The fourth-order valence-electron chi connectivity index (χ4n) is 12.8. The van der Waals surface area contributed by atoms with Gasteiger partial charge in [0, 0.05) is 30.5 Å². The Bertz CT molecular complexity index is 4350. The maximum absolute atomic E-state index is 9.02. The second-order valence-corrected chi connectivity index (χ2v) is 72.6. The molecule has 0 atom stereocenters. The van der Waals surface area contributed by atoms with Crippen LogP contribution in [-0.4, -0.2) is 47.0 Å². The number of hydrogen-bond donors (Lipinski definition) is 2. The van der Waals surface area contributed by atoms with Gasteiger partial charge in [-0.15, -0.1) is 0 Å². The zero-order valence-electron chi connectivity index (χ0n) is 71.1. The van der Waals surface area contributed by atoms with E-state index in [9.17, 15) is 0 Å². The Hall–Kier alpha value is -7.32. The Kier molecular flexibility index (Phi) is 41.9. The van der Waals surface area contributed by atoms with Crippen LogP contribution >= 0.6 is 47.6 Å². The molecule has 0 aliphatic heterocycles. The molecule has 0 heterocycles. The van der Waals surface area contributed by atoms with E-state index in [1.807, 2.05) is 26.0 Å². The van der Waals surface area contributed by atoms with Crippen LogP contribution in [0.4, 0.5) is 0 Å². The van der Waals surface area contributed by atoms with Crippen LogP contribution in [0.3, 0.4) is 0 Å². The molecule has 117 heavy (non-hydrogen) atoms. The van der Waals surface area contributed by atoms with Gasteiger partial charge >= 0.3 is 125 Å². The van der Waals surface area contributed by atoms with Gasteiger partial charge in [0.25, 0.3) is 0 Å². The predicted molar refractivity (Wildman–Crippen MR) is 530 cm³/mol. The molecule has 602 valence electrons.